The Balaban J connectivity index is 2.10. The minimum atomic E-state index is -0.516. The van der Waals surface area contributed by atoms with Gasteiger partial charge in [0.25, 0.3) is 5.91 Å². The van der Waals surface area contributed by atoms with Gasteiger partial charge in [0, 0.05) is 17.1 Å². The molecule has 1 unspecified atom stereocenters. The van der Waals surface area contributed by atoms with Gasteiger partial charge in [-0.25, -0.2) is 4.39 Å². The molecule has 1 saturated carbocycles. The predicted octanol–water partition coefficient (Wildman–Crippen LogP) is 2.06. The molecule has 1 aliphatic rings. The number of amides is 1. The third kappa shape index (κ3) is 3.04. The van der Waals surface area contributed by atoms with Crippen molar-refractivity contribution in [3.8, 4) is 0 Å². The van der Waals surface area contributed by atoms with E-state index < -0.39 is 11.7 Å². The second-order valence-corrected chi connectivity index (χ2v) is 5.19. The summed E-state index contributed by atoms with van der Waals surface area (Å²) in [5.41, 5.74) is 5.64. The first kappa shape index (κ1) is 12.5. The van der Waals surface area contributed by atoms with Crippen LogP contribution >= 0.6 is 15.9 Å². The molecule has 1 aromatic rings. The maximum Gasteiger partial charge on any atom is 0.254 e. The molecule has 0 spiro atoms. The first-order chi connectivity index (χ1) is 8.11. The van der Waals surface area contributed by atoms with E-state index in [4.69, 9.17) is 5.73 Å². The Morgan fingerprint density at radius 3 is 2.88 bits per heavy atom. The Hall–Kier alpha value is -0.940. The van der Waals surface area contributed by atoms with Crippen molar-refractivity contribution in [3.05, 3.63) is 34.1 Å². The zero-order valence-electron chi connectivity index (χ0n) is 9.25. The lowest BCUT2D eigenvalue weighted by Gasteiger charge is -2.16. The van der Waals surface area contributed by atoms with Crippen molar-refractivity contribution in [2.45, 2.75) is 18.9 Å². The summed E-state index contributed by atoms with van der Waals surface area (Å²) in [5.74, 6) is -0.456. The van der Waals surface area contributed by atoms with E-state index in [1.54, 1.807) is 6.07 Å². The second kappa shape index (κ2) is 5.14. The van der Waals surface area contributed by atoms with Gasteiger partial charge in [-0.1, -0.05) is 15.9 Å². The molecule has 0 bridgehead atoms. The average molecular weight is 301 g/mol. The van der Waals surface area contributed by atoms with Crippen LogP contribution in [0.25, 0.3) is 0 Å². The molecule has 0 aromatic heterocycles. The minimum Gasteiger partial charge on any atom is -0.348 e. The Bertz CT molecular complexity index is 435. The van der Waals surface area contributed by atoms with Crippen LogP contribution in [0.2, 0.25) is 0 Å². The molecule has 3 N–H and O–H groups in total. The van der Waals surface area contributed by atoms with E-state index in [0.29, 0.717) is 16.9 Å². The van der Waals surface area contributed by atoms with E-state index >= 15 is 0 Å². The van der Waals surface area contributed by atoms with Crippen LogP contribution < -0.4 is 11.1 Å². The van der Waals surface area contributed by atoms with Crippen LogP contribution in [-0.4, -0.2) is 18.5 Å². The van der Waals surface area contributed by atoms with Crippen molar-refractivity contribution in [1.82, 2.24) is 5.32 Å². The smallest absolute Gasteiger partial charge is 0.254 e. The molecule has 0 saturated heterocycles. The van der Waals surface area contributed by atoms with E-state index in [-0.39, 0.29) is 11.6 Å². The maximum atomic E-state index is 13.5. The number of carbonyl (C=O) groups is 1. The van der Waals surface area contributed by atoms with Crippen molar-refractivity contribution in [2.75, 3.05) is 6.54 Å². The molecule has 5 heteroatoms. The molecule has 0 radical (unpaired) electrons. The summed E-state index contributed by atoms with van der Waals surface area (Å²) in [5, 5.41) is 2.79. The number of hydrogen-bond donors (Lipinski definition) is 2. The lowest BCUT2D eigenvalue weighted by atomic mass is 10.1. The lowest BCUT2D eigenvalue weighted by Crippen LogP contribution is -2.42. The molecule has 1 aliphatic carbocycles. The van der Waals surface area contributed by atoms with E-state index in [2.05, 4.69) is 21.2 Å². The SMILES string of the molecule is NCC(NC(=O)c1cc(Br)ccc1F)C1CC1. The second-order valence-electron chi connectivity index (χ2n) is 4.28. The molecule has 17 heavy (non-hydrogen) atoms. The fraction of sp³-hybridized carbons (Fsp3) is 0.417. The number of rotatable bonds is 4. The Kier molecular flexibility index (Phi) is 3.79. The monoisotopic (exact) mass is 300 g/mol. The standard InChI is InChI=1S/C12H14BrFN2O/c13-8-3-4-10(14)9(5-8)12(17)16-11(6-15)7-1-2-7/h3-5,7,11H,1-2,6,15H2,(H,16,17). The van der Waals surface area contributed by atoms with Gasteiger partial charge in [-0.3, -0.25) is 4.79 Å². The summed E-state index contributed by atoms with van der Waals surface area (Å²) in [4.78, 5) is 11.9. The van der Waals surface area contributed by atoms with Gasteiger partial charge in [0.15, 0.2) is 0 Å². The van der Waals surface area contributed by atoms with Crippen molar-refractivity contribution in [3.63, 3.8) is 0 Å². The number of nitrogens with two attached hydrogens (primary N) is 1. The minimum absolute atomic E-state index is 0.0409. The topological polar surface area (TPSA) is 55.1 Å². The highest BCUT2D eigenvalue weighted by Gasteiger charge is 2.31. The molecule has 0 heterocycles. The first-order valence-electron chi connectivity index (χ1n) is 5.58. The van der Waals surface area contributed by atoms with Gasteiger partial charge < -0.3 is 11.1 Å². The molecular formula is C12H14BrFN2O. The Morgan fingerprint density at radius 2 is 2.29 bits per heavy atom. The number of hydrogen-bond acceptors (Lipinski definition) is 2. The summed E-state index contributed by atoms with van der Waals surface area (Å²) in [6.07, 6.45) is 2.17. The quantitative estimate of drug-likeness (QED) is 0.894. The largest absolute Gasteiger partial charge is 0.348 e. The summed E-state index contributed by atoms with van der Waals surface area (Å²) in [6.45, 7) is 0.395. The van der Waals surface area contributed by atoms with Crippen LogP contribution in [-0.2, 0) is 0 Å². The highest BCUT2D eigenvalue weighted by Crippen LogP contribution is 2.32. The van der Waals surface area contributed by atoms with E-state index in [0.717, 1.165) is 12.8 Å². The molecule has 3 nitrogen and oxygen atoms in total. The lowest BCUT2D eigenvalue weighted by molar-refractivity contribution is 0.0929. The zero-order chi connectivity index (χ0) is 12.4. The Labute approximate surface area is 108 Å². The average Bonchev–Trinajstić information content (AvgIpc) is 3.13. The number of benzene rings is 1. The van der Waals surface area contributed by atoms with Gasteiger partial charge in [0.05, 0.1) is 5.56 Å². The van der Waals surface area contributed by atoms with Crippen molar-refractivity contribution in [2.24, 2.45) is 11.7 Å². The molecular weight excluding hydrogens is 287 g/mol. The van der Waals surface area contributed by atoms with Crippen LogP contribution in [0.15, 0.2) is 22.7 Å². The Morgan fingerprint density at radius 1 is 1.59 bits per heavy atom. The highest BCUT2D eigenvalue weighted by atomic mass is 79.9. The fourth-order valence-electron chi connectivity index (χ4n) is 1.79. The molecule has 1 fully saturated rings. The molecule has 1 amide bonds. The molecule has 1 aromatic carbocycles. The summed E-state index contributed by atoms with van der Waals surface area (Å²) >= 11 is 3.22. The fourth-order valence-corrected chi connectivity index (χ4v) is 2.15. The summed E-state index contributed by atoms with van der Waals surface area (Å²) in [7, 11) is 0. The summed E-state index contributed by atoms with van der Waals surface area (Å²) < 4.78 is 14.2. The number of carbonyl (C=O) groups excluding carboxylic acids is 1. The first-order valence-corrected chi connectivity index (χ1v) is 6.37. The van der Waals surface area contributed by atoms with Crippen molar-refractivity contribution >= 4 is 21.8 Å². The van der Waals surface area contributed by atoms with Crippen molar-refractivity contribution < 1.29 is 9.18 Å². The van der Waals surface area contributed by atoms with Gasteiger partial charge in [0.2, 0.25) is 0 Å². The van der Waals surface area contributed by atoms with Gasteiger partial charge in [-0.05, 0) is 37.0 Å². The normalized spacial score (nSPS) is 16.6. The molecule has 2 rings (SSSR count). The predicted molar refractivity (Wildman–Crippen MR) is 67.1 cm³/mol. The summed E-state index contributed by atoms with van der Waals surface area (Å²) in [6, 6.07) is 4.27. The van der Waals surface area contributed by atoms with Gasteiger partial charge in [0.1, 0.15) is 5.82 Å². The van der Waals surface area contributed by atoms with Crippen LogP contribution in [0.5, 0.6) is 0 Å². The van der Waals surface area contributed by atoms with Crippen molar-refractivity contribution in [1.29, 1.82) is 0 Å². The van der Waals surface area contributed by atoms with E-state index in [9.17, 15) is 9.18 Å². The van der Waals surface area contributed by atoms with Crippen LogP contribution in [0, 0.1) is 11.7 Å². The van der Waals surface area contributed by atoms with E-state index in [1.807, 2.05) is 0 Å². The van der Waals surface area contributed by atoms with E-state index in [1.165, 1.54) is 12.1 Å². The molecule has 92 valence electrons. The maximum absolute atomic E-state index is 13.5. The zero-order valence-corrected chi connectivity index (χ0v) is 10.8. The molecule has 1 atom stereocenters. The van der Waals surface area contributed by atoms with Crippen LogP contribution in [0.3, 0.4) is 0 Å². The molecule has 0 aliphatic heterocycles. The number of halogens is 2. The third-order valence-corrected chi connectivity index (χ3v) is 3.43. The highest BCUT2D eigenvalue weighted by molar-refractivity contribution is 9.10. The van der Waals surface area contributed by atoms with Gasteiger partial charge in [-0.2, -0.15) is 0 Å². The number of nitrogens with one attached hydrogen (secondary N) is 1. The van der Waals surface area contributed by atoms with Crippen LogP contribution in [0.1, 0.15) is 23.2 Å². The van der Waals surface area contributed by atoms with Gasteiger partial charge >= 0.3 is 0 Å². The van der Waals surface area contributed by atoms with Gasteiger partial charge in [-0.15, -0.1) is 0 Å². The van der Waals surface area contributed by atoms with Crippen LogP contribution in [0.4, 0.5) is 4.39 Å². The third-order valence-electron chi connectivity index (χ3n) is 2.93.